The van der Waals surface area contributed by atoms with Crippen molar-refractivity contribution in [1.82, 2.24) is 30.0 Å². The van der Waals surface area contributed by atoms with Crippen molar-refractivity contribution in [3.63, 3.8) is 0 Å². The van der Waals surface area contributed by atoms with E-state index in [1.165, 1.54) is 12.7 Å². The van der Waals surface area contributed by atoms with Gasteiger partial charge in [-0.1, -0.05) is 29.8 Å². The molecule has 0 unspecified atom stereocenters. The zero-order chi connectivity index (χ0) is 17.9. The Labute approximate surface area is 154 Å². The highest BCUT2D eigenvalue weighted by Crippen LogP contribution is 2.24. The van der Waals surface area contributed by atoms with Gasteiger partial charge in [-0.25, -0.2) is 19.6 Å². The molecule has 0 saturated carbocycles. The highest BCUT2D eigenvalue weighted by Gasteiger charge is 2.33. The molecule has 3 aromatic rings. The summed E-state index contributed by atoms with van der Waals surface area (Å²) in [5.74, 6) is 1.36. The van der Waals surface area contributed by atoms with Crippen LogP contribution in [0, 0.1) is 5.92 Å². The number of carbonyl (C=O) groups is 1. The molecule has 0 bridgehead atoms. The van der Waals surface area contributed by atoms with Crippen molar-refractivity contribution in [2.75, 3.05) is 18.0 Å². The first-order chi connectivity index (χ1) is 12.7. The third kappa shape index (κ3) is 3.36. The van der Waals surface area contributed by atoms with Crippen molar-refractivity contribution in [3.05, 3.63) is 59.9 Å². The van der Waals surface area contributed by atoms with Crippen molar-refractivity contribution in [2.45, 2.75) is 6.54 Å². The molecule has 9 heteroatoms. The lowest BCUT2D eigenvalue weighted by atomic mass is 9.99. The van der Waals surface area contributed by atoms with E-state index in [1.807, 2.05) is 35.2 Å². The first-order valence-corrected chi connectivity index (χ1v) is 8.51. The molecule has 1 saturated heterocycles. The summed E-state index contributed by atoms with van der Waals surface area (Å²) in [6.07, 6.45) is 4.51. The third-order valence-corrected chi connectivity index (χ3v) is 4.65. The standard InChI is InChI=1S/C17H16ClN7O/c18-14-4-2-1-3-12(14)6-20-17(26)13-7-24(8-13)15-5-16(22-10-21-15)25-11-19-9-23-25/h1-5,9-11,13H,6-8H2,(H,20,26). The van der Waals surface area contributed by atoms with Gasteiger partial charge in [-0.05, 0) is 11.6 Å². The summed E-state index contributed by atoms with van der Waals surface area (Å²) in [6.45, 7) is 1.66. The fourth-order valence-corrected chi connectivity index (χ4v) is 2.96. The molecular weight excluding hydrogens is 354 g/mol. The van der Waals surface area contributed by atoms with E-state index in [4.69, 9.17) is 11.6 Å². The lowest BCUT2D eigenvalue weighted by Gasteiger charge is -2.39. The van der Waals surface area contributed by atoms with Crippen LogP contribution in [0.3, 0.4) is 0 Å². The number of benzene rings is 1. The Morgan fingerprint density at radius 2 is 2.00 bits per heavy atom. The van der Waals surface area contributed by atoms with E-state index in [9.17, 15) is 4.79 Å². The van der Waals surface area contributed by atoms with E-state index in [0.717, 1.165) is 11.4 Å². The molecule has 8 nitrogen and oxygen atoms in total. The number of carbonyl (C=O) groups excluding carboxylic acids is 1. The summed E-state index contributed by atoms with van der Waals surface area (Å²) >= 11 is 6.11. The maximum atomic E-state index is 12.3. The normalized spacial score (nSPS) is 14.1. The Morgan fingerprint density at radius 3 is 2.77 bits per heavy atom. The van der Waals surface area contributed by atoms with Gasteiger partial charge in [-0.3, -0.25) is 4.79 Å². The molecule has 4 rings (SSSR count). The number of aromatic nitrogens is 5. The Hall–Kier alpha value is -3.00. The highest BCUT2D eigenvalue weighted by atomic mass is 35.5. The molecule has 1 N–H and O–H groups in total. The monoisotopic (exact) mass is 369 g/mol. The molecule has 1 fully saturated rings. The molecule has 1 amide bonds. The number of hydrogen-bond acceptors (Lipinski definition) is 6. The molecular formula is C17H16ClN7O. The van der Waals surface area contributed by atoms with Crippen LogP contribution in [-0.4, -0.2) is 43.7 Å². The topological polar surface area (TPSA) is 88.8 Å². The van der Waals surface area contributed by atoms with Gasteiger partial charge >= 0.3 is 0 Å². The van der Waals surface area contributed by atoms with Gasteiger partial charge in [0.05, 0.1) is 5.92 Å². The van der Waals surface area contributed by atoms with Gasteiger partial charge in [0.15, 0.2) is 5.82 Å². The molecule has 0 atom stereocenters. The second-order valence-electron chi connectivity index (χ2n) is 5.99. The summed E-state index contributed by atoms with van der Waals surface area (Å²) in [6, 6.07) is 9.32. The average molecular weight is 370 g/mol. The maximum absolute atomic E-state index is 12.3. The molecule has 1 aliphatic heterocycles. The summed E-state index contributed by atoms with van der Waals surface area (Å²) in [7, 11) is 0. The van der Waals surface area contributed by atoms with Crippen LogP contribution in [0.2, 0.25) is 5.02 Å². The minimum atomic E-state index is -0.0673. The van der Waals surface area contributed by atoms with Gasteiger partial charge in [-0.2, -0.15) is 5.10 Å². The fraction of sp³-hybridized carbons (Fsp3) is 0.235. The Morgan fingerprint density at radius 1 is 1.19 bits per heavy atom. The van der Waals surface area contributed by atoms with Crippen LogP contribution in [0.4, 0.5) is 5.82 Å². The van der Waals surface area contributed by atoms with Crippen molar-refractivity contribution in [1.29, 1.82) is 0 Å². The third-order valence-electron chi connectivity index (χ3n) is 4.28. The van der Waals surface area contributed by atoms with E-state index >= 15 is 0 Å². The minimum absolute atomic E-state index is 0.0201. The molecule has 1 aliphatic rings. The number of anilines is 1. The fourth-order valence-electron chi connectivity index (χ4n) is 2.76. The minimum Gasteiger partial charge on any atom is -0.355 e. The lowest BCUT2D eigenvalue weighted by molar-refractivity contribution is -0.125. The molecule has 132 valence electrons. The van der Waals surface area contributed by atoms with Crippen molar-refractivity contribution in [3.8, 4) is 5.82 Å². The van der Waals surface area contributed by atoms with Crippen molar-refractivity contribution in [2.24, 2.45) is 5.92 Å². The van der Waals surface area contributed by atoms with Crippen LogP contribution in [0.1, 0.15) is 5.56 Å². The van der Waals surface area contributed by atoms with Gasteiger partial charge < -0.3 is 10.2 Å². The van der Waals surface area contributed by atoms with Gasteiger partial charge in [0.2, 0.25) is 5.91 Å². The summed E-state index contributed by atoms with van der Waals surface area (Å²) in [5.41, 5.74) is 0.909. The van der Waals surface area contributed by atoms with E-state index in [2.05, 4.69) is 25.4 Å². The largest absolute Gasteiger partial charge is 0.355 e. The van der Waals surface area contributed by atoms with Crippen LogP contribution < -0.4 is 10.2 Å². The predicted molar refractivity (Wildman–Crippen MR) is 96.0 cm³/mol. The quantitative estimate of drug-likeness (QED) is 0.732. The number of rotatable bonds is 5. The van der Waals surface area contributed by atoms with Crippen LogP contribution in [-0.2, 0) is 11.3 Å². The van der Waals surface area contributed by atoms with Crippen molar-refractivity contribution >= 4 is 23.3 Å². The van der Waals surface area contributed by atoms with Crippen LogP contribution in [0.15, 0.2) is 49.3 Å². The zero-order valence-corrected chi connectivity index (χ0v) is 14.5. The van der Waals surface area contributed by atoms with Crippen LogP contribution >= 0.6 is 11.6 Å². The summed E-state index contributed by atoms with van der Waals surface area (Å²) < 4.78 is 1.57. The zero-order valence-electron chi connectivity index (χ0n) is 13.8. The SMILES string of the molecule is O=C(NCc1ccccc1Cl)C1CN(c2cc(-n3cncn3)ncn2)C1. The second kappa shape index (κ2) is 7.09. The van der Waals surface area contributed by atoms with Crippen LogP contribution in [0.25, 0.3) is 5.82 Å². The number of nitrogens with zero attached hydrogens (tertiary/aromatic N) is 6. The van der Waals surface area contributed by atoms with E-state index < -0.39 is 0 Å². The van der Waals surface area contributed by atoms with Gasteiger partial charge in [-0.15, -0.1) is 0 Å². The Bertz CT molecular complexity index is 909. The highest BCUT2D eigenvalue weighted by molar-refractivity contribution is 6.31. The first kappa shape index (κ1) is 16.5. The Balaban J connectivity index is 1.33. The smallest absolute Gasteiger partial charge is 0.226 e. The number of halogens is 1. The second-order valence-corrected chi connectivity index (χ2v) is 6.39. The Kier molecular flexibility index (Phi) is 4.49. The van der Waals surface area contributed by atoms with E-state index in [0.29, 0.717) is 30.5 Å². The van der Waals surface area contributed by atoms with Gasteiger partial charge in [0.1, 0.15) is 24.8 Å². The van der Waals surface area contributed by atoms with Crippen LogP contribution in [0.5, 0.6) is 0 Å². The lowest BCUT2D eigenvalue weighted by Crippen LogP contribution is -2.54. The molecule has 0 radical (unpaired) electrons. The molecule has 0 aliphatic carbocycles. The molecule has 2 aromatic heterocycles. The average Bonchev–Trinajstić information content (AvgIpc) is 3.15. The molecule has 0 spiro atoms. The number of nitrogens with one attached hydrogen (secondary N) is 1. The molecule has 3 heterocycles. The van der Waals surface area contributed by atoms with Gasteiger partial charge in [0, 0.05) is 30.7 Å². The van der Waals surface area contributed by atoms with Gasteiger partial charge in [0.25, 0.3) is 0 Å². The summed E-state index contributed by atoms with van der Waals surface area (Å²) in [4.78, 5) is 26.7. The first-order valence-electron chi connectivity index (χ1n) is 8.14. The van der Waals surface area contributed by atoms with E-state index in [-0.39, 0.29) is 11.8 Å². The van der Waals surface area contributed by atoms with Crippen molar-refractivity contribution < 1.29 is 4.79 Å². The number of amides is 1. The summed E-state index contributed by atoms with van der Waals surface area (Å²) in [5, 5.41) is 7.66. The number of hydrogen-bond donors (Lipinski definition) is 1. The van der Waals surface area contributed by atoms with E-state index in [1.54, 1.807) is 11.0 Å². The maximum Gasteiger partial charge on any atom is 0.226 e. The molecule has 1 aromatic carbocycles. The predicted octanol–water partition coefficient (Wildman–Crippen LogP) is 1.46. The molecule has 26 heavy (non-hydrogen) atoms.